The first-order chi connectivity index (χ1) is 13.3. The van der Waals surface area contributed by atoms with E-state index < -0.39 is 20.8 Å². The molecule has 0 saturated heterocycles. The Balaban J connectivity index is 2.33. The van der Waals surface area contributed by atoms with Crippen molar-refractivity contribution >= 4 is 21.9 Å². The van der Waals surface area contributed by atoms with Crippen LogP contribution < -0.4 is 14.3 Å². The zero-order valence-electron chi connectivity index (χ0n) is 15.1. The molecule has 1 N–H and O–H groups in total. The number of nitro benzene ring substituents is 1. The third-order valence-electron chi connectivity index (χ3n) is 3.39. The van der Waals surface area contributed by atoms with E-state index in [9.17, 15) is 22.9 Å². The van der Waals surface area contributed by atoms with Crippen molar-refractivity contribution in [1.82, 2.24) is 4.83 Å². The van der Waals surface area contributed by atoms with E-state index in [0.29, 0.717) is 0 Å². The van der Waals surface area contributed by atoms with Crippen LogP contribution in [0.2, 0.25) is 0 Å². The number of nitrogens with zero attached hydrogens (tertiary/aromatic N) is 2. The molecule has 0 bridgehead atoms. The van der Waals surface area contributed by atoms with E-state index in [2.05, 4.69) is 5.10 Å². The van der Waals surface area contributed by atoms with E-state index in [-0.39, 0.29) is 40.9 Å². The van der Waals surface area contributed by atoms with Crippen molar-refractivity contribution in [3.63, 3.8) is 0 Å². The second-order valence-corrected chi connectivity index (χ2v) is 6.95. The first kappa shape index (κ1) is 21.1. The van der Waals surface area contributed by atoms with Crippen molar-refractivity contribution in [3.8, 4) is 11.5 Å². The number of nitrogens with one attached hydrogen (secondary N) is 1. The normalized spacial score (nSPS) is 11.4. The van der Waals surface area contributed by atoms with Gasteiger partial charge in [-0.25, -0.2) is 9.22 Å². The van der Waals surface area contributed by atoms with E-state index >= 15 is 0 Å². The molecule has 0 heterocycles. The minimum atomic E-state index is -4.03. The van der Waals surface area contributed by atoms with Crippen LogP contribution in [0.25, 0.3) is 0 Å². The molecule has 0 radical (unpaired) electrons. The summed E-state index contributed by atoms with van der Waals surface area (Å²) in [6.45, 7) is 3.90. The lowest BCUT2D eigenvalue weighted by molar-refractivity contribution is -0.385. The van der Waals surface area contributed by atoms with E-state index in [1.165, 1.54) is 12.1 Å². The summed E-state index contributed by atoms with van der Waals surface area (Å²) in [6, 6.07) is 6.69. The average molecular weight is 411 g/mol. The number of hydrogen-bond acceptors (Lipinski definition) is 7. The van der Waals surface area contributed by atoms with Gasteiger partial charge in [-0.15, -0.1) is 0 Å². The lowest BCUT2D eigenvalue weighted by atomic mass is 10.1. The Morgan fingerprint density at radius 3 is 2.32 bits per heavy atom. The van der Waals surface area contributed by atoms with Crippen molar-refractivity contribution in [2.24, 2.45) is 5.10 Å². The van der Waals surface area contributed by atoms with Crippen molar-refractivity contribution in [2.75, 3.05) is 13.2 Å². The van der Waals surface area contributed by atoms with Gasteiger partial charge in [0.05, 0.1) is 29.2 Å². The lowest BCUT2D eigenvalue weighted by Crippen LogP contribution is -2.18. The summed E-state index contributed by atoms with van der Waals surface area (Å²) in [5, 5.41) is 14.9. The Hall–Kier alpha value is -3.21. The van der Waals surface area contributed by atoms with Gasteiger partial charge in [-0.3, -0.25) is 10.1 Å². The number of nitro groups is 1. The van der Waals surface area contributed by atoms with Gasteiger partial charge in [-0.2, -0.15) is 13.5 Å². The highest BCUT2D eigenvalue weighted by Gasteiger charge is 2.20. The largest absolute Gasteiger partial charge is 0.493 e. The van der Waals surface area contributed by atoms with Crippen molar-refractivity contribution in [3.05, 3.63) is 57.9 Å². The smallest absolute Gasteiger partial charge is 0.311 e. The topological polar surface area (TPSA) is 120 Å². The van der Waals surface area contributed by atoms with Gasteiger partial charge in [0.1, 0.15) is 11.6 Å². The first-order valence-electron chi connectivity index (χ1n) is 8.17. The van der Waals surface area contributed by atoms with Gasteiger partial charge in [0.2, 0.25) is 5.75 Å². The number of halogens is 1. The Morgan fingerprint density at radius 2 is 1.75 bits per heavy atom. The Kier molecular flexibility index (Phi) is 6.88. The SMILES string of the molecule is CCOc1cc(OCC)c([N+](=O)[O-])cc1/C=N/NS(=O)(=O)c1ccc(F)cc1. The highest BCUT2D eigenvalue weighted by Crippen LogP contribution is 2.34. The molecule has 0 aromatic heterocycles. The molecule has 0 fully saturated rings. The molecule has 0 aliphatic carbocycles. The van der Waals surface area contributed by atoms with Gasteiger partial charge in [0.25, 0.3) is 10.0 Å². The minimum Gasteiger partial charge on any atom is -0.493 e. The predicted molar refractivity (Wildman–Crippen MR) is 99.7 cm³/mol. The van der Waals surface area contributed by atoms with Crippen molar-refractivity contribution in [1.29, 1.82) is 0 Å². The van der Waals surface area contributed by atoms with E-state index in [0.717, 1.165) is 30.5 Å². The van der Waals surface area contributed by atoms with Crippen LogP contribution in [0.5, 0.6) is 11.5 Å². The highest BCUT2D eigenvalue weighted by molar-refractivity contribution is 7.89. The zero-order valence-corrected chi connectivity index (χ0v) is 15.9. The Labute approximate surface area is 161 Å². The summed E-state index contributed by atoms with van der Waals surface area (Å²) in [6.07, 6.45) is 1.08. The second kappa shape index (κ2) is 9.13. The maximum absolute atomic E-state index is 12.9. The van der Waals surface area contributed by atoms with Crippen LogP contribution in [-0.2, 0) is 10.0 Å². The first-order valence-corrected chi connectivity index (χ1v) is 9.65. The van der Waals surface area contributed by atoms with Gasteiger partial charge >= 0.3 is 5.69 Å². The van der Waals surface area contributed by atoms with Gasteiger partial charge in [-0.1, -0.05) is 0 Å². The lowest BCUT2D eigenvalue weighted by Gasteiger charge is -2.11. The number of hydrogen-bond donors (Lipinski definition) is 1. The van der Waals surface area contributed by atoms with Gasteiger partial charge in [-0.05, 0) is 38.1 Å². The molecule has 150 valence electrons. The molecule has 11 heteroatoms. The average Bonchev–Trinajstić information content (AvgIpc) is 2.63. The molecular weight excluding hydrogens is 393 g/mol. The Bertz CT molecular complexity index is 977. The highest BCUT2D eigenvalue weighted by atomic mass is 32.2. The fraction of sp³-hybridized carbons (Fsp3) is 0.235. The van der Waals surface area contributed by atoms with Crippen LogP contribution >= 0.6 is 0 Å². The molecule has 0 saturated carbocycles. The molecule has 2 rings (SSSR count). The molecule has 2 aromatic rings. The Morgan fingerprint density at radius 1 is 1.14 bits per heavy atom. The molecule has 28 heavy (non-hydrogen) atoms. The van der Waals surface area contributed by atoms with Gasteiger partial charge in [0.15, 0.2) is 0 Å². The number of sulfonamides is 1. The van der Waals surface area contributed by atoms with Crippen molar-refractivity contribution < 1.29 is 27.2 Å². The summed E-state index contributed by atoms with van der Waals surface area (Å²) in [4.78, 5) is 12.4. The fourth-order valence-corrected chi connectivity index (χ4v) is 2.98. The minimum absolute atomic E-state index is 0.0278. The van der Waals surface area contributed by atoms with Crippen molar-refractivity contribution in [2.45, 2.75) is 18.7 Å². The monoisotopic (exact) mass is 411 g/mol. The summed E-state index contributed by atoms with van der Waals surface area (Å²) in [5.41, 5.74) is -0.132. The van der Waals surface area contributed by atoms with Gasteiger partial charge < -0.3 is 9.47 Å². The molecule has 9 nitrogen and oxygen atoms in total. The summed E-state index contributed by atoms with van der Waals surface area (Å²) in [5.74, 6) is -0.313. The van der Waals surface area contributed by atoms with Crippen LogP contribution in [0.15, 0.2) is 46.4 Å². The summed E-state index contributed by atoms with van der Waals surface area (Å²) < 4.78 is 47.9. The number of hydrazone groups is 1. The summed E-state index contributed by atoms with van der Waals surface area (Å²) >= 11 is 0. The van der Waals surface area contributed by atoms with Gasteiger partial charge in [0, 0.05) is 17.7 Å². The molecule has 2 aromatic carbocycles. The fourth-order valence-electron chi connectivity index (χ4n) is 2.19. The molecule has 0 spiro atoms. The number of ether oxygens (including phenoxy) is 2. The quantitative estimate of drug-likeness (QED) is 0.385. The van der Waals surface area contributed by atoms with E-state index in [1.54, 1.807) is 13.8 Å². The maximum atomic E-state index is 12.9. The zero-order chi connectivity index (χ0) is 20.7. The molecule has 0 atom stereocenters. The van der Waals surface area contributed by atoms with Crippen LogP contribution in [0, 0.1) is 15.9 Å². The third kappa shape index (κ3) is 5.16. The second-order valence-electron chi connectivity index (χ2n) is 5.29. The number of benzene rings is 2. The molecule has 0 unspecified atom stereocenters. The predicted octanol–water partition coefficient (Wildman–Crippen LogP) is 2.84. The number of rotatable bonds is 9. The third-order valence-corrected chi connectivity index (χ3v) is 4.63. The summed E-state index contributed by atoms with van der Waals surface area (Å²) in [7, 11) is -4.03. The molecule has 0 aliphatic heterocycles. The standard InChI is InChI=1S/C17H18FN3O6S/c1-3-26-16-10-17(27-4-2)15(21(22)23)9-12(16)11-19-20-28(24,25)14-7-5-13(18)6-8-14/h5-11,20H,3-4H2,1-2H3/b19-11+. The van der Waals surface area contributed by atoms with E-state index in [1.807, 2.05) is 4.83 Å². The van der Waals surface area contributed by atoms with Crippen LogP contribution in [0.4, 0.5) is 10.1 Å². The van der Waals surface area contributed by atoms with Crippen LogP contribution in [0.3, 0.4) is 0 Å². The van der Waals surface area contributed by atoms with Crippen LogP contribution in [0.1, 0.15) is 19.4 Å². The molecule has 0 amide bonds. The molecular formula is C17H18FN3O6S. The van der Waals surface area contributed by atoms with E-state index in [4.69, 9.17) is 9.47 Å². The molecule has 0 aliphatic rings. The maximum Gasteiger partial charge on any atom is 0.311 e. The van der Waals surface area contributed by atoms with Crippen LogP contribution in [-0.4, -0.2) is 32.8 Å².